The summed E-state index contributed by atoms with van der Waals surface area (Å²) in [7, 11) is 0. The molecule has 5 nitrogen and oxygen atoms in total. The van der Waals surface area contributed by atoms with Gasteiger partial charge in [-0.15, -0.1) is 0 Å². The zero-order valence-corrected chi connectivity index (χ0v) is 11.6. The van der Waals surface area contributed by atoms with Gasteiger partial charge in [-0.25, -0.2) is 9.59 Å². The number of carbonyl (C=O) groups excluding carboxylic acids is 1. The third kappa shape index (κ3) is 3.57. The molecule has 0 fully saturated rings. The van der Waals surface area contributed by atoms with Crippen molar-refractivity contribution in [2.24, 2.45) is 0 Å². The van der Waals surface area contributed by atoms with Gasteiger partial charge in [0.05, 0.1) is 11.3 Å². The summed E-state index contributed by atoms with van der Waals surface area (Å²) in [5, 5.41) is 14.4. The number of halogens is 1. The number of aromatic carboxylic acids is 1. The van der Waals surface area contributed by atoms with Gasteiger partial charge in [0.2, 0.25) is 0 Å². The molecule has 0 bridgehead atoms. The molecule has 1 aliphatic rings. The van der Waals surface area contributed by atoms with Crippen molar-refractivity contribution in [2.45, 2.75) is 18.9 Å². The van der Waals surface area contributed by atoms with Crippen LogP contribution in [0, 0.1) is 0 Å². The van der Waals surface area contributed by atoms with Crippen LogP contribution < -0.4 is 10.6 Å². The highest BCUT2D eigenvalue weighted by Crippen LogP contribution is 2.23. The predicted molar refractivity (Wildman–Crippen MR) is 75.4 cm³/mol. The van der Waals surface area contributed by atoms with Gasteiger partial charge in [0, 0.05) is 10.5 Å². The first-order valence-electron chi connectivity index (χ1n) is 5.81. The number of amides is 2. The second-order valence-electron chi connectivity index (χ2n) is 4.24. The molecule has 0 saturated carbocycles. The van der Waals surface area contributed by atoms with E-state index >= 15 is 0 Å². The third-order valence-electron chi connectivity index (χ3n) is 2.81. The lowest BCUT2D eigenvalue weighted by Gasteiger charge is -2.14. The van der Waals surface area contributed by atoms with E-state index in [9.17, 15) is 9.59 Å². The maximum absolute atomic E-state index is 11.8. The minimum absolute atomic E-state index is 0.136. The molecule has 0 heterocycles. The molecular formula is C13H13BrN2O3. The van der Waals surface area contributed by atoms with Crippen molar-refractivity contribution in [1.82, 2.24) is 5.32 Å². The molecule has 0 aromatic heterocycles. The van der Waals surface area contributed by atoms with Gasteiger partial charge in [-0.2, -0.15) is 0 Å². The summed E-state index contributed by atoms with van der Waals surface area (Å²) >= 11 is 3.24. The summed E-state index contributed by atoms with van der Waals surface area (Å²) in [6.07, 6.45) is 5.74. The van der Waals surface area contributed by atoms with Gasteiger partial charge < -0.3 is 15.7 Å². The van der Waals surface area contributed by atoms with E-state index in [1.165, 1.54) is 12.1 Å². The molecule has 1 aromatic rings. The van der Waals surface area contributed by atoms with Crippen molar-refractivity contribution >= 4 is 33.6 Å². The second kappa shape index (κ2) is 5.88. The van der Waals surface area contributed by atoms with Gasteiger partial charge in [-0.05, 0) is 47.0 Å². The van der Waals surface area contributed by atoms with E-state index in [4.69, 9.17) is 5.11 Å². The molecule has 1 aliphatic carbocycles. The van der Waals surface area contributed by atoms with E-state index in [0.29, 0.717) is 10.2 Å². The summed E-state index contributed by atoms with van der Waals surface area (Å²) in [5.74, 6) is -1.01. The van der Waals surface area contributed by atoms with Crippen LogP contribution >= 0.6 is 15.9 Å². The molecule has 0 saturated heterocycles. The van der Waals surface area contributed by atoms with Gasteiger partial charge >= 0.3 is 12.0 Å². The van der Waals surface area contributed by atoms with Crippen LogP contribution in [-0.4, -0.2) is 23.1 Å². The molecule has 1 aromatic carbocycles. The number of carboxylic acid groups (broad SMARTS) is 1. The third-order valence-corrected chi connectivity index (χ3v) is 3.46. The molecule has 0 atom stereocenters. The quantitative estimate of drug-likeness (QED) is 0.748. The maximum atomic E-state index is 11.8. The van der Waals surface area contributed by atoms with E-state index in [1.54, 1.807) is 6.07 Å². The van der Waals surface area contributed by atoms with Crippen LogP contribution in [-0.2, 0) is 0 Å². The Morgan fingerprint density at radius 3 is 2.53 bits per heavy atom. The largest absolute Gasteiger partial charge is 0.478 e. The van der Waals surface area contributed by atoms with Gasteiger partial charge in [0.1, 0.15) is 0 Å². The minimum Gasteiger partial charge on any atom is -0.478 e. The Hall–Kier alpha value is -1.82. The summed E-state index contributed by atoms with van der Waals surface area (Å²) in [5.41, 5.74) is 0.700. The van der Waals surface area contributed by atoms with Crippen LogP contribution in [0.25, 0.3) is 0 Å². The molecule has 19 heavy (non-hydrogen) atoms. The molecule has 0 radical (unpaired) electrons. The van der Waals surface area contributed by atoms with Crippen LogP contribution in [0.5, 0.6) is 0 Å². The number of anilines is 1. The highest BCUT2D eigenvalue weighted by atomic mass is 79.9. The average molecular weight is 325 g/mol. The summed E-state index contributed by atoms with van der Waals surface area (Å²) < 4.78 is 0.534. The van der Waals surface area contributed by atoms with E-state index in [0.717, 1.165) is 12.8 Å². The van der Waals surface area contributed by atoms with Crippen molar-refractivity contribution in [3.05, 3.63) is 40.4 Å². The maximum Gasteiger partial charge on any atom is 0.335 e. The normalized spacial score (nSPS) is 14.4. The Morgan fingerprint density at radius 1 is 1.26 bits per heavy atom. The van der Waals surface area contributed by atoms with Crippen LogP contribution in [0.4, 0.5) is 10.5 Å². The molecule has 2 rings (SSSR count). The van der Waals surface area contributed by atoms with Crippen molar-refractivity contribution in [3.8, 4) is 0 Å². The Labute approximate surface area is 118 Å². The lowest BCUT2D eigenvalue weighted by Crippen LogP contribution is -2.36. The number of carbonyl (C=O) groups is 2. The summed E-state index contributed by atoms with van der Waals surface area (Å²) in [6, 6.07) is 4.30. The first kappa shape index (κ1) is 13.6. The van der Waals surface area contributed by atoms with Crippen molar-refractivity contribution in [2.75, 3.05) is 5.32 Å². The lowest BCUT2D eigenvalue weighted by atomic mass is 10.2. The number of carboxylic acids is 1. The van der Waals surface area contributed by atoms with E-state index < -0.39 is 5.97 Å². The lowest BCUT2D eigenvalue weighted by molar-refractivity contribution is 0.0697. The summed E-state index contributed by atoms with van der Waals surface area (Å²) in [4.78, 5) is 22.5. The summed E-state index contributed by atoms with van der Waals surface area (Å²) in [6.45, 7) is 0. The number of hydrogen-bond donors (Lipinski definition) is 3. The number of rotatable bonds is 3. The first-order chi connectivity index (χ1) is 9.06. The number of nitrogens with one attached hydrogen (secondary N) is 2. The average Bonchev–Trinajstić information content (AvgIpc) is 2.84. The Balaban J connectivity index is 1.98. The van der Waals surface area contributed by atoms with E-state index in [-0.39, 0.29) is 17.6 Å². The fraction of sp³-hybridized carbons (Fsp3) is 0.231. The van der Waals surface area contributed by atoms with Crippen LogP contribution in [0.15, 0.2) is 34.8 Å². The van der Waals surface area contributed by atoms with Crippen LogP contribution in [0.1, 0.15) is 23.2 Å². The number of urea groups is 1. The monoisotopic (exact) mass is 324 g/mol. The standard InChI is InChI=1S/C13H13BrN2O3/c14-10-7-8(12(17)18)5-6-11(10)16-13(19)15-9-3-1-2-4-9/h1-2,5-7,9H,3-4H2,(H,17,18)(H2,15,16,19). The molecular weight excluding hydrogens is 312 g/mol. The Kier molecular flexibility index (Phi) is 4.21. The Morgan fingerprint density at radius 2 is 1.95 bits per heavy atom. The number of hydrogen-bond acceptors (Lipinski definition) is 2. The predicted octanol–water partition coefficient (Wildman–Crippen LogP) is 2.99. The highest BCUT2D eigenvalue weighted by Gasteiger charge is 2.14. The molecule has 3 N–H and O–H groups in total. The number of benzene rings is 1. The van der Waals surface area contributed by atoms with Gasteiger partial charge in [-0.1, -0.05) is 12.2 Å². The van der Waals surface area contributed by atoms with Gasteiger partial charge in [0.25, 0.3) is 0 Å². The first-order valence-corrected chi connectivity index (χ1v) is 6.61. The topological polar surface area (TPSA) is 78.4 Å². The molecule has 2 amide bonds. The molecule has 0 spiro atoms. The molecule has 0 unspecified atom stereocenters. The SMILES string of the molecule is O=C(Nc1ccc(C(=O)O)cc1Br)NC1CC=CC1. The van der Waals surface area contributed by atoms with E-state index in [2.05, 4.69) is 26.6 Å². The second-order valence-corrected chi connectivity index (χ2v) is 5.09. The fourth-order valence-electron chi connectivity index (χ4n) is 1.83. The highest BCUT2D eigenvalue weighted by molar-refractivity contribution is 9.10. The minimum atomic E-state index is -1.01. The van der Waals surface area contributed by atoms with Crippen LogP contribution in [0.2, 0.25) is 0 Å². The van der Waals surface area contributed by atoms with Crippen molar-refractivity contribution in [3.63, 3.8) is 0 Å². The smallest absolute Gasteiger partial charge is 0.335 e. The van der Waals surface area contributed by atoms with Crippen molar-refractivity contribution in [1.29, 1.82) is 0 Å². The zero-order valence-electron chi connectivity index (χ0n) is 10.0. The zero-order chi connectivity index (χ0) is 13.8. The van der Waals surface area contributed by atoms with Gasteiger partial charge in [-0.3, -0.25) is 0 Å². The Bertz CT molecular complexity index is 535. The van der Waals surface area contributed by atoms with Gasteiger partial charge in [0.15, 0.2) is 0 Å². The van der Waals surface area contributed by atoms with Crippen molar-refractivity contribution < 1.29 is 14.7 Å². The molecule has 100 valence electrons. The molecule has 6 heteroatoms. The fourth-order valence-corrected chi connectivity index (χ4v) is 2.31. The molecule has 0 aliphatic heterocycles. The van der Waals surface area contributed by atoms with E-state index in [1.807, 2.05) is 12.2 Å². The van der Waals surface area contributed by atoms with Crippen LogP contribution in [0.3, 0.4) is 0 Å².